The molecule has 0 bridgehead atoms. The van der Waals surface area contributed by atoms with Gasteiger partial charge >= 0.3 is 12.1 Å². The summed E-state index contributed by atoms with van der Waals surface area (Å²) in [5.74, 6) is -2.71. The lowest BCUT2D eigenvalue weighted by Gasteiger charge is -2.38. The molecule has 7 nitrogen and oxygen atoms in total. The smallest absolute Gasteiger partial charge is 0.391 e. The van der Waals surface area contributed by atoms with E-state index in [2.05, 4.69) is 4.98 Å². The van der Waals surface area contributed by atoms with Crippen molar-refractivity contribution in [1.82, 2.24) is 9.38 Å². The Labute approximate surface area is 251 Å². The fourth-order valence-corrected chi connectivity index (χ4v) is 7.20. The quantitative estimate of drug-likeness (QED) is 0.213. The molecular formula is C32H32F3N3O4S. The van der Waals surface area contributed by atoms with E-state index in [0.717, 1.165) is 27.3 Å². The van der Waals surface area contributed by atoms with Crippen molar-refractivity contribution in [2.75, 3.05) is 25.2 Å². The summed E-state index contributed by atoms with van der Waals surface area (Å²) in [4.78, 5) is 34.5. The van der Waals surface area contributed by atoms with Gasteiger partial charge < -0.3 is 18.8 Å². The van der Waals surface area contributed by atoms with E-state index in [1.807, 2.05) is 65.3 Å². The van der Waals surface area contributed by atoms with Gasteiger partial charge in [-0.3, -0.25) is 4.79 Å². The number of alkyl halides is 3. The highest BCUT2D eigenvalue weighted by molar-refractivity contribution is 7.18. The van der Waals surface area contributed by atoms with Gasteiger partial charge in [-0.2, -0.15) is 13.2 Å². The van der Waals surface area contributed by atoms with Gasteiger partial charge in [0.05, 0.1) is 24.4 Å². The number of methoxy groups -OCH3 is 1. The van der Waals surface area contributed by atoms with Gasteiger partial charge in [-0.1, -0.05) is 30.3 Å². The van der Waals surface area contributed by atoms with Gasteiger partial charge in [0.15, 0.2) is 0 Å². The maximum absolute atomic E-state index is 14.1. The SMILES string of the molecule is COC(=O)c1sc(-c2ccc(-c3cn4ccccc4n3)cc2)cc1N(C(=O)[C@H]1CC[C@H](C(F)(F)F)CC1)C1CCOCC1. The van der Waals surface area contributed by atoms with Crippen LogP contribution in [0.1, 0.15) is 48.2 Å². The topological polar surface area (TPSA) is 73.1 Å². The molecule has 1 saturated heterocycles. The van der Waals surface area contributed by atoms with Crippen LogP contribution in [0.5, 0.6) is 0 Å². The second kappa shape index (κ2) is 12.1. The molecule has 3 aromatic heterocycles. The van der Waals surface area contributed by atoms with Gasteiger partial charge in [0.1, 0.15) is 10.5 Å². The molecule has 4 aromatic rings. The highest BCUT2D eigenvalue weighted by Gasteiger charge is 2.44. The van der Waals surface area contributed by atoms with Gasteiger partial charge in [0, 0.05) is 48.0 Å². The minimum absolute atomic E-state index is 0.0705. The van der Waals surface area contributed by atoms with Crippen molar-refractivity contribution in [2.45, 2.75) is 50.7 Å². The third-order valence-corrected chi connectivity index (χ3v) is 9.66. The summed E-state index contributed by atoms with van der Waals surface area (Å²) in [7, 11) is 1.30. The molecule has 0 spiro atoms. The van der Waals surface area contributed by atoms with E-state index in [9.17, 15) is 22.8 Å². The molecule has 11 heteroatoms. The van der Waals surface area contributed by atoms with Crippen molar-refractivity contribution in [2.24, 2.45) is 11.8 Å². The minimum atomic E-state index is -4.25. The molecule has 1 aromatic carbocycles. The second-order valence-electron chi connectivity index (χ2n) is 11.1. The van der Waals surface area contributed by atoms with Gasteiger partial charge in [-0.25, -0.2) is 9.78 Å². The summed E-state index contributed by atoms with van der Waals surface area (Å²) >= 11 is 1.24. The summed E-state index contributed by atoms with van der Waals surface area (Å²) in [5, 5.41) is 0. The second-order valence-corrected chi connectivity index (χ2v) is 12.2. The molecule has 2 aliphatic rings. The number of halogens is 3. The van der Waals surface area contributed by atoms with Crippen molar-refractivity contribution in [3.05, 3.63) is 65.8 Å². The number of anilines is 1. The van der Waals surface area contributed by atoms with E-state index in [0.29, 0.717) is 36.6 Å². The molecule has 1 aliphatic carbocycles. The van der Waals surface area contributed by atoms with E-state index in [4.69, 9.17) is 9.47 Å². The third-order valence-electron chi connectivity index (χ3n) is 8.50. The van der Waals surface area contributed by atoms with Crippen LogP contribution >= 0.6 is 11.3 Å². The number of carbonyl (C=O) groups excluding carboxylic acids is 2. The number of amides is 1. The number of rotatable bonds is 6. The molecule has 1 aliphatic heterocycles. The van der Waals surface area contributed by atoms with Crippen molar-refractivity contribution in [3.63, 3.8) is 0 Å². The van der Waals surface area contributed by atoms with Crippen LogP contribution < -0.4 is 4.90 Å². The van der Waals surface area contributed by atoms with Gasteiger partial charge in [0.2, 0.25) is 5.91 Å². The molecule has 2 fully saturated rings. The summed E-state index contributed by atoms with van der Waals surface area (Å²) < 4.78 is 52.6. The van der Waals surface area contributed by atoms with Crippen LogP contribution in [-0.2, 0) is 14.3 Å². The molecule has 1 amide bonds. The number of benzene rings is 1. The summed E-state index contributed by atoms with van der Waals surface area (Å²) in [6.45, 7) is 0.925. The Kier molecular flexibility index (Phi) is 8.28. The van der Waals surface area contributed by atoms with E-state index >= 15 is 0 Å². The molecule has 0 N–H and O–H groups in total. The first-order valence-electron chi connectivity index (χ1n) is 14.5. The zero-order valence-electron chi connectivity index (χ0n) is 23.7. The first-order chi connectivity index (χ1) is 20.7. The van der Waals surface area contributed by atoms with Crippen LogP contribution in [0.4, 0.5) is 18.9 Å². The predicted octanol–water partition coefficient (Wildman–Crippen LogP) is 7.40. The molecular weight excluding hydrogens is 579 g/mol. The Balaban J connectivity index is 1.32. The van der Waals surface area contributed by atoms with Gasteiger partial charge in [-0.05, 0) is 62.3 Å². The normalized spacial score (nSPS) is 19.8. The summed E-state index contributed by atoms with van der Waals surface area (Å²) in [6.07, 6.45) is 0.979. The largest absolute Gasteiger partial charge is 0.465 e. The van der Waals surface area contributed by atoms with Crippen LogP contribution in [0.25, 0.3) is 27.3 Å². The van der Waals surface area contributed by atoms with E-state index < -0.39 is 24.0 Å². The van der Waals surface area contributed by atoms with Crippen LogP contribution in [0.15, 0.2) is 60.9 Å². The predicted molar refractivity (Wildman–Crippen MR) is 158 cm³/mol. The van der Waals surface area contributed by atoms with Crippen LogP contribution in [0, 0.1) is 11.8 Å². The molecule has 4 heterocycles. The van der Waals surface area contributed by atoms with Gasteiger partial charge in [0.25, 0.3) is 0 Å². The van der Waals surface area contributed by atoms with E-state index in [1.54, 1.807) is 4.90 Å². The number of thiophene rings is 1. The molecule has 43 heavy (non-hydrogen) atoms. The Morgan fingerprint density at radius 3 is 2.35 bits per heavy atom. The van der Waals surface area contributed by atoms with Crippen LogP contribution in [0.2, 0.25) is 0 Å². The molecule has 1 saturated carbocycles. The highest BCUT2D eigenvalue weighted by Crippen LogP contribution is 2.43. The number of hydrogen-bond acceptors (Lipinski definition) is 6. The lowest BCUT2D eigenvalue weighted by atomic mass is 9.80. The number of pyridine rings is 1. The maximum atomic E-state index is 14.1. The van der Waals surface area contributed by atoms with Crippen LogP contribution in [0.3, 0.4) is 0 Å². The molecule has 0 atom stereocenters. The molecule has 0 unspecified atom stereocenters. The van der Waals surface area contributed by atoms with Crippen molar-refractivity contribution in [3.8, 4) is 21.7 Å². The zero-order valence-corrected chi connectivity index (χ0v) is 24.5. The number of esters is 1. The minimum Gasteiger partial charge on any atom is -0.465 e. The average Bonchev–Trinajstić information content (AvgIpc) is 3.66. The van der Waals surface area contributed by atoms with E-state index in [1.165, 1.54) is 18.4 Å². The molecule has 6 rings (SSSR count). The Morgan fingerprint density at radius 1 is 1.00 bits per heavy atom. The Hall–Kier alpha value is -3.70. The van der Waals surface area contributed by atoms with Crippen molar-refractivity contribution in [1.29, 1.82) is 0 Å². The average molecular weight is 612 g/mol. The third kappa shape index (κ3) is 6.05. The van der Waals surface area contributed by atoms with Gasteiger partial charge in [-0.15, -0.1) is 11.3 Å². The maximum Gasteiger partial charge on any atom is 0.391 e. The number of imidazole rings is 1. The number of fused-ring (bicyclic) bond motifs is 1. The molecule has 0 radical (unpaired) electrons. The summed E-state index contributed by atoms with van der Waals surface area (Å²) in [5.41, 5.74) is 3.92. The molecule has 226 valence electrons. The fourth-order valence-electron chi connectivity index (χ4n) is 6.12. The first-order valence-corrected chi connectivity index (χ1v) is 15.3. The summed E-state index contributed by atoms with van der Waals surface area (Å²) in [6, 6.07) is 15.3. The van der Waals surface area contributed by atoms with Crippen molar-refractivity contribution >= 4 is 34.5 Å². The fraction of sp³-hybridized carbons (Fsp3) is 0.406. The van der Waals surface area contributed by atoms with E-state index in [-0.39, 0.29) is 37.6 Å². The number of aromatic nitrogens is 2. The Bertz CT molecular complexity index is 1570. The monoisotopic (exact) mass is 611 g/mol. The highest BCUT2D eigenvalue weighted by atomic mass is 32.1. The number of hydrogen-bond donors (Lipinski definition) is 0. The first kappa shape index (κ1) is 29.4. The standard InChI is InChI=1S/C32H32F3N3O4S/c1-41-31(40)29-26(38(24-13-16-42-17-14-24)30(39)22-9-11-23(12-10-22)32(33,34)35)18-27(43-29)21-7-5-20(6-8-21)25-19-37-15-3-2-4-28(37)36-25/h2-8,15,18-19,22-24H,9-14,16-17H2,1H3/t22-,23-. The Morgan fingerprint density at radius 2 is 1.70 bits per heavy atom. The number of carbonyl (C=O) groups is 2. The van der Waals surface area contributed by atoms with Crippen molar-refractivity contribution < 1.29 is 32.2 Å². The van der Waals surface area contributed by atoms with Crippen LogP contribution in [-0.4, -0.2) is 53.8 Å². The zero-order chi connectivity index (χ0) is 30.1. The lowest BCUT2D eigenvalue weighted by molar-refractivity contribution is -0.184. The number of ether oxygens (including phenoxy) is 2. The number of nitrogens with zero attached hydrogens (tertiary/aromatic N) is 3. The lowest BCUT2D eigenvalue weighted by Crippen LogP contribution is -2.47.